The van der Waals surface area contributed by atoms with Crippen LogP contribution in [-0.4, -0.2) is 23.9 Å². The van der Waals surface area contributed by atoms with E-state index in [-0.39, 0.29) is 18.1 Å². The number of nitrogens with one attached hydrogen (secondary N) is 1. The molecule has 1 N–H and O–H groups in total. The van der Waals surface area contributed by atoms with Crippen LogP contribution in [0.25, 0.3) is 6.08 Å². The van der Waals surface area contributed by atoms with E-state index in [0.717, 1.165) is 16.9 Å². The fourth-order valence-electron chi connectivity index (χ4n) is 2.35. The number of imide groups is 1. The molecular weight excluding hydrogens is 328 g/mol. The van der Waals surface area contributed by atoms with Crippen molar-refractivity contribution < 1.29 is 14.3 Å². The lowest BCUT2D eigenvalue weighted by molar-refractivity contribution is -0.123. The first-order chi connectivity index (χ1) is 11.6. The number of nitrogens with zero attached hydrogens (tertiary/aromatic N) is 1. The second-order valence-electron chi connectivity index (χ2n) is 5.28. The van der Waals surface area contributed by atoms with Crippen LogP contribution < -0.4 is 10.1 Å². The van der Waals surface area contributed by atoms with Gasteiger partial charge < -0.3 is 10.1 Å². The summed E-state index contributed by atoms with van der Waals surface area (Å²) in [6.07, 6.45) is 1.64. The molecule has 1 saturated heterocycles. The van der Waals surface area contributed by atoms with E-state index in [4.69, 9.17) is 16.3 Å². The summed E-state index contributed by atoms with van der Waals surface area (Å²) in [6.45, 7) is 0.196. The van der Waals surface area contributed by atoms with Crippen molar-refractivity contribution in [2.45, 2.75) is 6.54 Å². The maximum Gasteiger partial charge on any atom is 0.329 e. The molecule has 0 aromatic heterocycles. The quantitative estimate of drug-likeness (QED) is 0.684. The van der Waals surface area contributed by atoms with Crippen LogP contribution in [0.4, 0.5) is 4.79 Å². The lowest BCUT2D eigenvalue weighted by Crippen LogP contribution is -2.30. The van der Waals surface area contributed by atoms with Crippen molar-refractivity contribution in [2.75, 3.05) is 7.11 Å². The average molecular weight is 343 g/mol. The second-order valence-corrected chi connectivity index (χ2v) is 5.72. The summed E-state index contributed by atoms with van der Waals surface area (Å²) >= 11 is 5.84. The minimum atomic E-state index is -0.435. The molecule has 2 aromatic rings. The molecule has 24 heavy (non-hydrogen) atoms. The first-order valence-electron chi connectivity index (χ1n) is 7.30. The lowest BCUT2D eigenvalue weighted by Gasteiger charge is -2.11. The molecule has 5 nitrogen and oxygen atoms in total. The van der Waals surface area contributed by atoms with Crippen molar-refractivity contribution >= 4 is 29.6 Å². The van der Waals surface area contributed by atoms with E-state index in [0.29, 0.717) is 5.02 Å². The Morgan fingerprint density at radius 1 is 1.08 bits per heavy atom. The molecule has 0 spiro atoms. The Bertz CT molecular complexity index is 798. The Morgan fingerprint density at radius 2 is 1.75 bits per heavy atom. The number of carbonyl (C=O) groups excluding carboxylic acids is 2. The molecule has 0 saturated carbocycles. The third-order valence-electron chi connectivity index (χ3n) is 3.64. The van der Waals surface area contributed by atoms with Gasteiger partial charge in [0.05, 0.1) is 13.7 Å². The number of hydrogen-bond acceptors (Lipinski definition) is 3. The Hall–Kier alpha value is -2.79. The number of halogens is 1. The predicted molar refractivity (Wildman–Crippen MR) is 91.5 cm³/mol. The van der Waals surface area contributed by atoms with Gasteiger partial charge in [-0.2, -0.15) is 0 Å². The first-order valence-corrected chi connectivity index (χ1v) is 7.67. The molecule has 0 bridgehead atoms. The molecule has 0 aliphatic carbocycles. The standard InChI is InChI=1S/C18H15ClN2O3/c1-24-15-8-4-12(5-9-15)10-16-17(22)21(18(23)20-16)11-13-2-6-14(19)7-3-13/h2-10H,11H2,1H3,(H,20,23)/b16-10+. The van der Waals surface area contributed by atoms with Crippen LogP contribution >= 0.6 is 11.6 Å². The van der Waals surface area contributed by atoms with Crippen molar-refractivity contribution in [3.63, 3.8) is 0 Å². The van der Waals surface area contributed by atoms with E-state index in [2.05, 4.69) is 5.32 Å². The SMILES string of the molecule is COc1ccc(/C=C2/NC(=O)N(Cc3ccc(Cl)cc3)C2=O)cc1. The topological polar surface area (TPSA) is 58.6 Å². The van der Waals surface area contributed by atoms with Gasteiger partial charge in [0.1, 0.15) is 11.4 Å². The highest BCUT2D eigenvalue weighted by Crippen LogP contribution is 2.19. The summed E-state index contributed by atoms with van der Waals surface area (Å²) in [7, 11) is 1.59. The number of ether oxygens (including phenoxy) is 1. The second kappa shape index (κ2) is 6.76. The predicted octanol–water partition coefficient (Wildman–Crippen LogP) is 3.44. The Morgan fingerprint density at radius 3 is 2.38 bits per heavy atom. The van der Waals surface area contributed by atoms with Gasteiger partial charge in [0.15, 0.2) is 0 Å². The highest BCUT2D eigenvalue weighted by molar-refractivity contribution is 6.30. The molecular formula is C18H15ClN2O3. The average Bonchev–Trinajstić information content (AvgIpc) is 2.85. The maximum absolute atomic E-state index is 12.4. The lowest BCUT2D eigenvalue weighted by atomic mass is 10.1. The monoisotopic (exact) mass is 342 g/mol. The molecule has 0 atom stereocenters. The van der Waals surface area contributed by atoms with Crippen molar-refractivity contribution in [2.24, 2.45) is 0 Å². The van der Waals surface area contributed by atoms with Crippen molar-refractivity contribution in [3.05, 3.63) is 70.4 Å². The van der Waals surface area contributed by atoms with Crippen LogP contribution in [0.3, 0.4) is 0 Å². The van der Waals surface area contributed by atoms with Gasteiger partial charge in [-0.05, 0) is 41.5 Å². The molecule has 1 aliphatic rings. The molecule has 6 heteroatoms. The summed E-state index contributed by atoms with van der Waals surface area (Å²) in [4.78, 5) is 25.7. The summed E-state index contributed by atoms with van der Waals surface area (Å²) in [5.74, 6) is 0.370. The number of rotatable bonds is 4. The van der Waals surface area contributed by atoms with Crippen molar-refractivity contribution in [3.8, 4) is 5.75 Å². The van der Waals surface area contributed by atoms with Crippen molar-refractivity contribution in [1.29, 1.82) is 0 Å². The maximum atomic E-state index is 12.4. The van der Waals surface area contributed by atoms with Gasteiger partial charge >= 0.3 is 6.03 Å². The van der Waals surface area contributed by atoms with Crippen LogP contribution in [0.15, 0.2) is 54.2 Å². The molecule has 1 heterocycles. The molecule has 3 rings (SSSR count). The normalized spacial score (nSPS) is 15.8. The van der Waals surface area contributed by atoms with Crippen LogP contribution in [0.1, 0.15) is 11.1 Å². The minimum Gasteiger partial charge on any atom is -0.497 e. The van der Waals surface area contributed by atoms with Crippen LogP contribution in [0.2, 0.25) is 5.02 Å². The number of hydrogen-bond donors (Lipinski definition) is 1. The van der Waals surface area contributed by atoms with E-state index in [1.54, 1.807) is 49.6 Å². The summed E-state index contributed by atoms with van der Waals surface area (Å²) in [5, 5.41) is 3.21. The largest absolute Gasteiger partial charge is 0.497 e. The highest BCUT2D eigenvalue weighted by Gasteiger charge is 2.33. The van der Waals surface area contributed by atoms with E-state index in [1.165, 1.54) is 4.90 Å². The zero-order valence-electron chi connectivity index (χ0n) is 13.0. The van der Waals surface area contributed by atoms with Gasteiger partial charge in [0.2, 0.25) is 0 Å². The van der Waals surface area contributed by atoms with Crippen molar-refractivity contribution in [1.82, 2.24) is 10.2 Å². The molecule has 0 radical (unpaired) electrons. The van der Waals surface area contributed by atoms with Crippen LogP contribution in [-0.2, 0) is 11.3 Å². The van der Waals surface area contributed by atoms with Gasteiger partial charge in [0, 0.05) is 5.02 Å². The first kappa shape index (κ1) is 16.1. The van der Waals surface area contributed by atoms with E-state index in [1.807, 2.05) is 12.1 Å². The fraction of sp³-hybridized carbons (Fsp3) is 0.111. The molecule has 1 aliphatic heterocycles. The Kier molecular flexibility index (Phi) is 4.53. The molecule has 0 unspecified atom stereocenters. The van der Waals surface area contributed by atoms with E-state index < -0.39 is 6.03 Å². The summed E-state index contributed by atoms with van der Waals surface area (Å²) in [5.41, 5.74) is 1.88. The van der Waals surface area contributed by atoms with Gasteiger partial charge in [-0.25, -0.2) is 4.79 Å². The highest BCUT2D eigenvalue weighted by atomic mass is 35.5. The van der Waals surface area contributed by atoms with Gasteiger partial charge in [-0.3, -0.25) is 9.69 Å². The molecule has 122 valence electrons. The summed E-state index contributed by atoms with van der Waals surface area (Å²) < 4.78 is 5.09. The Labute approximate surface area is 144 Å². The van der Waals surface area contributed by atoms with Crippen LogP contribution in [0, 0.1) is 0 Å². The fourth-order valence-corrected chi connectivity index (χ4v) is 2.48. The number of amides is 3. The molecule has 2 aromatic carbocycles. The third kappa shape index (κ3) is 3.41. The van der Waals surface area contributed by atoms with Gasteiger partial charge in [-0.15, -0.1) is 0 Å². The van der Waals surface area contributed by atoms with E-state index >= 15 is 0 Å². The van der Waals surface area contributed by atoms with Gasteiger partial charge in [0.25, 0.3) is 5.91 Å². The number of methoxy groups -OCH3 is 1. The number of benzene rings is 2. The van der Waals surface area contributed by atoms with Gasteiger partial charge in [-0.1, -0.05) is 35.9 Å². The number of carbonyl (C=O) groups is 2. The molecule has 3 amide bonds. The summed E-state index contributed by atoms with van der Waals surface area (Å²) in [6, 6.07) is 13.8. The zero-order chi connectivity index (χ0) is 17.1. The smallest absolute Gasteiger partial charge is 0.329 e. The zero-order valence-corrected chi connectivity index (χ0v) is 13.7. The molecule has 1 fully saturated rings. The van der Waals surface area contributed by atoms with Crippen LogP contribution in [0.5, 0.6) is 5.75 Å². The number of urea groups is 1. The van der Waals surface area contributed by atoms with E-state index in [9.17, 15) is 9.59 Å². The third-order valence-corrected chi connectivity index (χ3v) is 3.90. The Balaban J connectivity index is 1.77. The minimum absolute atomic E-state index is 0.196.